The van der Waals surface area contributed by atoms with Crippen molar-refractivity contribution in [3.8, 4) is 0 Å². The summed E-state index contributed by atoms with van der Waals surface area (Å²) in [5.41, 5.74) is 0.281. The highest BCUT2D eigenvalue weighted by atomic mass is 35.5. The van der Waals surface area contributed by atoms with Crippen molar-refractivity contribution in [2.24, 2.45) is 0 Å². The van der Waals surface area contributed by atoms with E-state index in [2.05, 4.69) is 10.6 Å². The molecular weight excluding hydrogens is 337 g/mol. The molecule has 0 atom stereocenters. The summed E-state index contributed by atoms with van der Waals surface area (Å²) in [4.78, 5) is 22.9. The Morgan fingerprint density at radius 3 is 2.62 bits per heavy atom. The highest BCUT2D eigenvalue weighted by Crippen LogP contribution is 2.31. The number of nitrogens with zero attached hydrogens (tertiary/aromatic N) is 1. The van der Waals surface area contributed by atoms with Gasteiger partial charge in [0.2, 0.25) is 0 Å². The lowest BCUT2D eigenvalue weighted by atomic mass is 10.1. The standard InChI is InChI=1S/C16H13ClFN3O3/c17-9-1-6-15(21(23)24)12(7-9)16(22)20-13-5-2-10(18)8-14(13)19-11-3-4-11/h1-2,5-8,11,19H,3-4H2,(H,20,22). The third kappa shape index (κ3) is 3.62. The zero-order valence-electron chi connectivity index (χ0n) is 12.4. The van der Waals surface area contributed by atoms with Crippen molar-refractivity contribution in [1.29, 1.82) is 0 Å². The second-order valence-corrected chi connectivity index (χ2v) is 5.92. The Hall–Kier alpha value is -2.67. The van der Waals surface area contributed by atoms with E-state index in [0.29, 0.717) is 11.4 Å². The molecule has 24 heavy (non-hydrogen) atoms. The van der Waals surface area contributed by atoms with Gasteiger partial charge in [0.15, 0.2) is 0 Å². The molecule has 2 N–H and O–H groups in total. The van der Waals surface area contributed by atoms with Crippen molar-refractivity contribution >= 4 is 34.6 Å². The SMILES string of the molecule is O=C(Nc1ccc(F)cc1NC1CC1)c1cc(Cl)ccc1[N+](=O)[O-]. The summed E-state index contributed by atoms with van der Waals surface area (Å²) in [5.74, 6) is -1.13. The number of nitro benzene ring substituents is 1. The van der Waals surface area contributed by atoms with Crippen LogP contribution in [0.2, 0.25) is 5.02 Å². The Labute approximate surface area is 141 Å². The Bertz CT molecular complexity index is 824. The van der Waals surface area contributed by atoms with Crippen LogP contribution >= 0.6 is 11.6 Å². The van der Waals surface area contributed by atoms with Crippen LogP contribution < -0.4 is 10.6 Å². The van der Waals surface area contributed by atoms with Crippen molar-refractivity contribution in [1.82, 2.24) is 0 Å². The third-order valence-corrected chi connectivity index (χ3v) is 3.80. The van der Waals surface area contributed by atoms with Gasteiger partial charge in [0.05, 0.1) is 16.3 Å². The predicted octanol–water partition coefficient (Wildman–Crippen LogP) is 4.21. The average Bonchev–Trinajstić information content (AvgIpc) is 3.33. The normalized spacial score (nSPS) is 13.4. The van der Waals surface area contributed by atoms with Crippen molar-refractivity contribution in [3.05, 3.63) is 62.9 Å². The van der Waals surface area contributed by atoms with E-state index < -0.39 is 16.6 Å². The second kappa shape index (κ2) is 6.45. The second-order valence-electron chi connectivity index (χ2n) is 5.48. The summed E-state index contributed by atoms with van der Waals surface area (Å²) in [6.45, 7) is 0. The predicted molar refractivity (Wildman–Crippen MR) is 89.1 cm³/mol. The van der Waals surface area contributed by atoms with Crippen LogP contribution in [0, 0.1) is 15.9 Å². The number of carbonyl (C=O) groups is 1. The van der Waals surface area contributed by atoms with Crippen LogP contribution in [-0.4, -0.2) is 16.9 Å². The topological polar surface area (TPSA) is 84.3 Å². The lowest BCUT2D eigenvalue weighted by Gasteiger charge is -2.13. The van der Waals surface area contributed by atoms with E-state index >= 15 is 0 Å². The number of halogens is 2. The van der Waals surface area contributed by atoms with Gasteiger partial charge in [-0.2, -0.15) is 0 Å². The van der Waals surface area contributed by atoms with E-state index in [9.17, 15) is 19.3 Å². The molecule has 2 aromatic rings. The highest BCUT2D eigenvalue weighted by molar-refractivity contribution is 6.31. The van der Waals surface area contributed by atoms with E-state index in [1.165, 1.54) is 36.4 Å². The Morgan fingerprint density at radius 1 is 1.21 bits per heavy atom. The molecule has 0 aromatic heterocycles. The summed E-state index contributed by atoms with van der Waals surface area (Å²) in [6.07, 6.45) is 1.95. The average molecular weight is 350 g/mol. The molecule has 0 unspecified atom stereocenters. The van der Waals surface area contributed by atoms with Gasteiger partial charge in [-0.05, 0) is 43.2 Å². The van der Waals surface area contributed by atoms with Gasteiger partial charge in [-0.1, -0.05) is 11.6 Å². The summed E-state index contributed by atoms with van der Waals surface area (Å²) in [6, 6.07) is 7.89. The highest BCUT2D eigenvalue weighted by Gasteiger charge is 2.24. The van der Waals surface area contributed by atoms with Crippen LogP contribution in [-0.2, 0) is 0 Å². The molecule has 1 aliphatic carbocycles. The lowest BCUT2D eigenvalue weighted by molar-refractivity contribution is -0.385. The summed E-state index contributed by atoms with van der Waals surface area (Å²) >= 11 is 5.83. The smallest absolute Gasteiger partial charge is 0.282 e. The molecule has 8 heteroatoms. The maximum Gasteiger partial charge on any atom is 0.282 e. The number of hydrogen-bond donors (Lipinski definition) is 2. The van der Waals surface area contributed by atoms with Gasteiger partial charge in [-0.25, -0.2) is 4.39 Å². The fourth-order valence-corrected chi connectivity index (χ4v) is 2.40. The minimum absolute atomic E-state index is 0.158. The maximum atomic E-state index is 13.4. The Morgan fingerprint density at radius 2 is 1.96 bits per heavy atom. The molecule has 0 heterocycles. The maximum absolute atomic E-state index is 13.4. The van der Waals surface area contributed by atoms with E-state index in [0.717, 1.165) is 12.8 Å². The Balaban J connectivity index is 1.90. The summed E-state index contributed by atoms with van der Waals surface area (Å²) < 4.78 is 13.4. The molecule has 1 amide bonds. The molecule has 0 saturated heterocycles. The van der Waals surface area contributed by atoms with E-state index in [1.807, 2.05) is 0 Å². The van der Waals surface area contributed by atoms with Crippen LogP contribution in [0.4, 0.5) is 21.5 Å². The van der Waals surface area contributed by atoms with Crippen molar-refractivity contribution < 1.29 is 14.1 Å². The zero-order valence-corrected chi connectivity index (χ0v) is 13.1. The number of benzene rings is 2. The van der Waals surface area contributed by atoms with E-state index in [1.54, 1.807) is 0 Å². The van der Waals surface area contributed by atoms with Gasteiger partial charge in [-0.3, -0.25) is 14.9 Å². The zero-order chi connectivity index (χ0) is 17.3. The largest absolute Gasteiger partial charge is 0.381 e. The first kappa shape index (κ1) is 16.2. The molecular formula is C16H13ClFN3O3. The van der Waals surface area contributed by atoms with Crippen LogP contribution in [0.3, 0.4) is 0 Å². The first-order valence-electron chi connectivity index (χ1n) is 7.25. The first-order chi connectivity index (χ1) is 11.4. The molecule has 3 rings (SSSR count). The van der Waals surface area contributed by atoms with Gasteiger partial charge >= 0.3 is 0 Å². The van der Waals surface area contributed by atoms with Gasteiger partial charge in [-0.15, -0.1) is 0 Å². The van der Waals surface area contributed by atoms with E-state index in [4.69, 9.17) is 11.6 Å². The molecule has 0 bridgehead atoms. The molecule has 1 aliphatic rings. The van der Waals surface area contributed by atoms with Gasteiger partial charge in [0.25, 0.3) is 11.6 Å². The summed E-state index contributed by atoms with van der Waals surface area (Å²) in [7, 11) is 0. The molecule has 2 aromatic carbocycles. The number of rotatable bonds is 5. The number of anilines is 2. The molecule has 0 spiro atoms. The van der Waals surface area contributed by atoms with Gasteiger partial charge < -0.3 is 10.6 Å². The number of carbonyl (C=O) groups excluding carboxylic acids is 1. The van der Waals surface area contributed by atoms with Crippen molar-refractivity contribution in [2.45, 2.75) is 18.9 Å². The van der Waals surface area contributed by atoms with E-state index in [-0.39, 0.29) is 22.3 Å². The van der Waals surface area contributed by atoms with Crippen LogP contribution in [0.25, 0.3) is 0 Å². The molecule has 1 saturated carbocycles. The van der Waals surface area contributed by atoms with Gasteiger partial charge in [0.1, 0.15) is 11.4 Å². The molecule has 0 radical (unpaired) electrons. The molecule has 124 valence electrons. The van der Waals surface area contributed by atoms with Gasteiger partial charge in [0, 0.05) is 17.1 Å². The minimum Gasteiger partial charge on any atom is -0.381 e. The molecule has 0 aliphatic heterocycles. The number of nitro groups is 1. The lowest BCUT2D eigenvalue weighted by Crippen LogP contribution is -2.16. The van der Waals surface area contributed by atoms with Crippen LogP contribution in [0.1, 0.15) is 23.2 Å². The quantitative estimate of drug-likeness (QED) is 0.625. The monoisotopic (exact) mass is 349 g/mol. The number of amides is 1. The molecule has 6 nitrogen and oxygen atoms in total. The number of nitrogens with one attached hydrogen (secondary N) is 2. The Kier molecular flexibility index (Phi) is 4.35. The summed E-state index contributed by atoms with van der Waals surface area (Å²) in [5, 5.41) is 17.0. The fourth-order valence-electron chi connectivity index (χ4n) is 2.23. The van der Waals surface area contributed by atoms with Crippen molar-refractivity contribution in [3.63, 3.8) is 0 Å². The minimum atomic E-state index is -0.686. The molecule has 1 fully saturated rings. The van der Waals surface area contributed by atoms with Crippen LogP contribution in [0.5, 0.6) is 0 Å². The fraction of sp³-hybridized carbons (Fsp3) is 0.188. The van der Waals surface area contributed by atoms with Crippen LogP contribution in [0.15, 0.2) is 36.4 Å². The first-order valence-corrected chi connectivity index (χ1v) is 7.63. The third-order valence-electron chi connectivity index (χ3n) is 3.57. The van der Waals surface area contributed by atoms with Crippen molar-refractivity contribution in [2.75, 3.05) is 10.6 Å². The number of hydrogen-bond acceptors (Lipinski definition) is 4.